The molecule has 1 saturated carbocycles. The van der Waals surface area contributed by atoms with Crippen molar-refractivity contribution in [3.8, 4) is 23.7 Å². The number of carbonyl (C=O) groups is 2. The van der Waals surface area contributed by atoms with Crippen molar-refractivity contribution < 1.29 is 9.59 Å². The van der Waals surface area contributed by atoms with Gasteiger partial charge in [0.15, 0.2) is 11.6 Å². The van der Waals surface area contributed by atoms with Gasteiger partial charge in [0.05, 0.1) is 11.1 Å². The predicted molar refractivity (Wildman–Crippen MR) is 113 cm³/mol. The third kappa shape index (κ3) is 4.03. The number of hydrogen-bond acceptors (Lipinski definition) is 2. The van der Waals surface area contributed by atoms with Gasteiger partial charge in [0.25, 0.3) is 0 Å². The maximum absolute atomic E-state index is 12.4. The van der Waals surface area contributed by atoms with E-state index < -0.39 is 0 Å². The molecule has 0 spiro atoms. The van der Waals surface area contributed by atoms with Crippen LogP contribution >= 0.6 is 0 Å². The van der Waals surface area contributed by atoms with Crippen LogP contribution in [0.1, 0.15) is 80.1 Å². The van der Waals surface area contributed by atoms with Gasteiger partial charge in [-0.2, -0.15) is 0 Å². The lowest BCUT2D eigenvalue weighted by Gasteiger charge is -2.49. The van der Waals surface area contributed by atoms with Crippen molar-refractivity contribution in [1.29, 1.82) is 0 Å². The van der Waals surface area contributed by atoms with Crippen LogP contribution in [0.15, 0.2) is 23.3 Å². The van der Waals surface area contributed by atoms with Gasteiger partial charge >= 0.3 is 0 Å². The van der Waals surface area contributed by atoms with Crippen LogP contribution < -0.4 is 0 Å². The molecule has 0 aromatic heterocycles. The van der Waals surface area contributed by atoms with Gasteiger partial charge in [-0.15, -0.1) is 0 Å². The average molecular weight is 377 g/mol. The van der Waals surface area contributed by atoms with Crippen LogP contribution in [0.4, 0.5) is 0 Å². The second-order valence-corrected chi connectivity index (χ2v) is 10.8. The summed E-state index contributed by atoms with van der Waals surface area (Å²) < 4.78 is 0. The van der Waals surface area contributed by atoms with E-state index in [0.717, 1.165) is 25.7 Å². The molecule has 3 aliphatic rings. The van der Waals surface area contributed by atoms with Gasteiger partial charge in [-0.3, -0.25) is 9.59 Å². The number of ketones is 2. The van der Waals surface area contributed by atoms with E-state index in [-0.39, 0.29) is 33.2 Å². The number of hydrogen-bond donors (Lipinski definition) is 0. The monoisotopic (exact) mass is 376 g/mol. The topological polar surface area (TPSA) is 34.1 Å². The van der Waals surface area contributed by atoms with Crippen LogP contribution in [0.3, 0.4) is 0 Å². The van der Waals surface area contributed by atoms with Crippen molar-refractivity contribution in [2.45, 2.75) is 80.1 Å². The van der Waals surface area contributed by atoms with E-state index in [1.807, 2.05) is 12.2 Å². The molecule has 3 aliphatic carbocycles. The minimum atomic E-state index is -0.244. The lowest BCUT2D eigenvalue weighted by atomic mass is 9.51. The molecule has 0 saturated heterocycles. The molecule has 0 radical (unpaired) electrons. The molecule has 2 atom stereocenters. The second kappa shape index (κ2) is 6.77. The normalized spacial score (nSPS) is 33.4. The third-order valence-corrected chi connectivity index (χ3v) is 6.89. The quantitative estimate of drug-likeness (QED) is 0.528. The summed E-state index contributed by atoms with van der Waals surface area (Å²) in [6.45, 7) is 12.7. The minimum absolute atomic E-state index is 0.0391. The first-order valence-corrected chi connectivity index (χ1v) is 10.4. The first kappa shape index (κ1) is 20.7. The molecular formula is C26H32O2. The van der Waals surface area contributed by atoms with Gasteiger partial charge in [0, 0.05) is 23.7 Å². The summed E-state index contributed by atoms with van der Waals surface area (Å²) in [5.74, 6) is 13.4. The van der Waals surface area contributed by atoms with E-state index in [2.05, 4.69) is 65.2 Å². The van der Waals surface area contributed by atoms with Crippen LogP contribution in [0.5, 0.6) is 0 Å². The van der Waals surface area contributed by atoms with Crippen LogP contribution in [0.2, 0.25) is 0 Å². The fourth-order valence-electron chi connectivity index (χ4n) is 4.12. The van der Waals surface area contributed by atoms with Crippen LogP contribution in [-0.4, -0.2) is 11.6 Å². The zero-order valence-corrected chi connectivity index (χ0v) is 18.2. The highest BCUT2D eigenvalue weighted by Gasteiger charge is 2.51. The lowest BCUT2D eigenvalue weighted by molar-refractivity contribution is -0.118. The number of Topliss-reactive ketones (excluding diaryl/α,β-unsaturated/α-hetero) is 2. The molecule has 28 heavy (non-hydrogen) atoms. The van der Waals surface area contributed by atoms with Gasteiger partial charge in [-0.05, 0) is 50.4 Å². The Morgan fingerprint density at radius 3 is 1.32 bits per heavy atom. The summed E-state index contributed by atoms with van der Waals surface area (Å²) >= 11 is 0. The van der Waals surface area contributed by atoms with Gasteiger partial charge in [-0.25, -0.2) is 0 Å². The largest absolute Gasteiger partial charge is 0.293 e. The fourth-order valence-corrected chi connectivity index (χ4v) is 4.12. The number of rotatable bonds is 0. The molecule has 0 amide bonds. The number of carbonyl (C=O) groups excluding carboxylic acids is 2. The molecule has 2 nitrogen and oxygen atoms in total. The van der Waals surface area contributed by atoms with Crippen molar-refractivity contribution in [3.63, 3.8) is 0 Å². The Morgan fingerprint density at radius 2 is 1.04 bits per heavy atom. The van der Waals surface area contributed by atoms with E-state index >= 15 is 0 Å². The van der Waals surface area contributed by atoms with Crippen LogP contribution in [0.25, 0.3) is 0 Å². The molecule has 0 unspecified atom stereocenters. The Morgan fingerprint density at radius 1 is 0.679 bits per heavy atom. The Kier molecular flexibility index (Phi) is 5.00. The molecule has 0 N–H and O–H groups in total. The standard InChI is InChI=1S/C26H32O2/c1-23(2)11-7-19(21(27)17-23)9-13-25(5)15-16-26(25,6)14-10-20-8-12-24(3,4)18-22(20)28/h7-8H,11-12,15-18H2,1-6H3/t25-,26-/m1/s1. The maximum Gasteiger partial charge on any atom is 0.171 e. The molecule has 0 aromatic rings. The zero-order valence-electron chi connectivity index (χ0n) is 18.2. The van der Waals surface area contributed by atoms with E-state index in [1.165, 1.54) is 0 Å². The molecule has 1 fully saturated rings. The van der Waals surface area contributed by atoms with Crippen molar-refractivity contribution in [1.82, 2.24) is 0 Å². The first-order chi connectivity index (χ1) is 12.8. The van der Waals surface area contributed by atoms with E-state index in [4.69, 9.17) is 0 Å². The Hall–Kier alpha value is -2.06. The van der Waals surface area contributed by atoms with E-state index in [9.17, 15) is 9.59 Å². The van der Waals surface area contributed by atoms with Gasteiger partial charge in [0.2, 0.25) is 0 Å². The van der Waals surface area contributed by atoms with Gasteiger partial charge < -0.3 is 0 Å². The summed E-state index contributed by atoms with van der Waals surface area (Å²) in [6.07, 6.45) is 8.85. The van der Waals surface area contributed by atoms with Gasteiger partial charge in [0.1, 0.15) is 0 Å². The van der Waals surface area contributed by atoms with Crippen molar-refractivity contribution in [2.75, 3.05) is 0 Å². The fraction of sp³-hybridized carbons (Fsp3) is 0.615. The van der Waals surface area contributed by atoms with E-state index in [1.54, 1.807) is 0 Å². The highest BCUT2D eigenvalue weighted by molar-refractivity contribution is 6.01. The third-order valence-electron chi connectivity index (χ3n) is 6.89. The molecule has 0 aliphatic heterocycles. The Labute approximate surface area is 170 Å². The number of allylic oxidation sites excluding steroid dienone is 4. The molecule has 0 heterocycles. The summed E-state index contributed by atoms with van der Waals surface area (Å²) in [5, 5.41) is 0. The molecule has 2 heteroatoms. The molecule has 148 valence electrons. The molecule has 0 aromatic carbocycles. The van der Waals surface area contributed by atoms with Gasteiger partial charge in [-0.1, -0.05) is 63.5 Å². The summed E-state index contributed by atoms with van der Waals surface area (Å²) in [4.78, 5) is 24.7. The highest BCUT2D eigenvalue weighted by atomic mass is 16.1. The van der Waals surface area contributed by atoms with Crippen LogP contribution in [-0.2, 0) is 9.59 Å². The zero-order chi connectivity index (χ0) is 20.8. The van der Waals surface area contributed by atoms with E-state index in [0.29, 0.717) is 24.0 Å². The SMILES string of the molecule is CC1(C)CC=C(C#C[C@]2(C)CC[C@@]2(C)C#CC2=CCC(C)(C)CC2=O)C(=O)C1. The molecular weight excluding hydrogens is 344 g/mol. The maximum atomic E-state index is 12.4. The Bertz CT molecular complexity index is 828. The minimum Gasteiger partial charge on any atom is -0.293 e. The van der Waals surface area contributed by atoms with Crippen molar-refractivity contribution in [2.24, 2.45) is 21.7 Å². The Balaban J connectivity index is 1.79. The van der Waals surface area contributed by atoms with Crippen molar-refractivity contribution in [3.05, 3.63) is 23.3 Å². The lowest BCUT2D eigenvalue weighted by Crippen LogP contribution is -2.45. The highest BCUT2D eigenvalue weighted by Crippen LogP contribution is 2.56. The second-order valence-electron chi connectivity index (χ2n) is 10.8. The summed E-state index contributed by atoms with van der Waals surface area (Å²) in [6, 6.07) is 0. The molecule has 0 bridgehead atoms. The summed E-state index contributed by atoms with van der Waals surface area (Å²) in [7, 11) is 0. The smallest absolute Gasteiger partial charge is 0.171 e. The predicted octanol–water partition coefficient (Wildman–Crippen LogP) is 5.43. The average Bonchev–Trinajstić information content (AvgIpc) is 2.57. The first-order valence-electron chi connectivity index (χ1n) is 10.4. The molecule has 3 rings (SSSR count). The van der Waals surface area contributed by atoms with Crippen LogP contribution in [0, 0.1) is 45.3 Å². The van der Waals surface area contributed by atoms with Crippen molar-refractivity contribution >= 4 is 11.6 Å². The summed E-state index contributed by atoms with van der Waals surface area (Å²) in [5.41, 5.74) is 0.914.